The molecule has 0 spiro atoms. The monoisotopic (exact) mass is 347 g/mol. The number of rotatable bonds is 2. The van der Waals surface area contributed by atoms with Crippen LogP contribution in [0.1, 0.15) is 16.0 Å². The van der Waals surface area contributed by atoms with Crippen molar-refractivity contribution in [2.24, 2.45) is 0 Å². The van der Waals surface area contributed by atoms with Gasteiger partial charge >= 0.3 is 6.03 Å². The van der Waals surface area contributed by atoms with Crippen LogP contribution in [0.2, 0.25) is 5.02 Å². The van der Waals surface area contributed by atoms with Crippen LogP contribution in [-0.4, -0.2) is 19.6 Å². The Labute approximate surface area is 143 Å². The summed E-state index contributed by atoms with van der Waals surface area (Å²) in [5, 5.41) is 16.1. The van der Waals surface area contributed by atoms with E-state index in [4.69, 9.17) is 11.6 Å². The molecule has 0 radical (unpaired) electrons. The Morgan fingerprint density at radius 2 is 2.26 bits per heavy atom. The summed E-state index contributed by atoms with van der Waals surface area (Å²) in [6.45, 7) is 1.90. The standard InChI is InChI=1S/C16H15ClN4OS/c1-21-6-5-12-13(8-18)15(23-14(12)9-21)20-16(22)19-11-4-2-3-10(17)7-11/h2-4,7H,5-6,9H2,1H3,(H2,19,20,22)/p+1. The fourth-order valence-corrected chi connectivity index (χ4v) is 4.16. The maximum Gasteiger partial charge on any atom is 0.324 e. The van der Waals surface area contributed by atoms with E-state index in [9.17, 15) is 10.1 Å². The van der Waals surface area contributed by atoms with Gasteiger partial charge in [0.25, 0.3) is 0 Å². The van der Waals surface area contributed by atoms with Crippen LogP contribution in [0.25, 0.3) is 0 Å². The van der Waals surface area contributed by atoms with E-state index in [0.717, 1.165) is 25.1 Å². The van der Waals surface area contributed by atoms with Crippen LogP contribution in [0.15, 0.2) is 24.3 Å². The molecule has 5 nitrogen and oxygen atoms in total. The van der Waals surface area contributed by atoms with Crippen molar-refractivity contribution in [3.63, 3.8) is 0 Å². The number of likely N-dealkylation sites (N-methyl/N-ethyl adjacent to an activating group) is 1. The molecule has 0 aliphatic carbocycles. The molecule has 0 saturated heterocycles. The first-order chi connectivity index (χ1) is 11.1. The van der Waals surface area contributed by atoms with Crippen molar-refractivity contribution in [2.75, 3.05) is 24.2 Å². The summed E-state index contributed by atoms with van der Waals surface area (Å²) in [4.78, 5) is 14.8. The van der Waals surface area contributed by atoms with Gasteiger partial charge in [-0.1, -0.05) is 17.7 Å². The van der Waals surface area contributed by atoms with Crippen LogP contribution >= 0.6 is 22.9 Å². The molecule has 2 heterocycles. The number of amides is 2. The molecule has 1 aliphatic heterocycles. The van der Waals surface area contributed by atoms with Crippen LogP contribution < -0.4 is 15.5 Å². The van der Waals surface area contributed by atoms with Gasteiger partial charge in [-0.05, 0) is 23.8 Å². The summed E-state index contributed by atoms with van der Waals surface area (Å²) in [6, 6.07) is 8.80. The highest BCUT2D eigenvalue weighted by Gasteiger charge is 2.25. The van der Waals surface area contributed by atoms with Gasteiger partial charge in [-0.3, -0.25) is 5.32 Å². The molecule has 7 heteroatoms. The molecule has 0 bridgehead atoms. The highest BCUT2D eigenvalue weighted by Crippen LogP contribution is 2.34. The fourth-order valence-electron chi connectivity index (χ4n) is 2.66. The predicted molar refractivity (Wildman–Crippen MR) is 92.3 cm³/mol. The molecule has 3 N–H and O–H groups in total. The number of nitrogens with zero attached hydrogens (tertiary/aromatic N) is 1. The summed E-state index contributed by atoms with van der Waals surface area (Å²) in [5.41, 5.74) is 2.29. The molecule has 1 atom stereocenters. The first kappa shape index (κ1) is 15.8. The maximum atomic E-state index is 12.2. The molecule has 1 unspecified atom stereocenters. The van der Waals surface area contributed by atoms with E-state index in [0.29, 0.717) is 21.3 Å². The van der Waals surface area contributed by atoms with Crippen molar-refractivity contribution in [2.45, 2.75) is 13.0 Å². The number of carbonyl (C=O) groups excluding carboxylic acids is 1. The number of thiophene rings is 1. The molecule has 2 aromatic rings. The molecule has 0 saturated carbocycles. The van der Waals surface area contributed by atoms with Gasteiger partial charge < -0.3 is 10.2 Å². The average molecular weight is 348 g/mol. The van der Waals surface area contributed by atoms with Gasteiger partial charge in [0, 0.05) is 17.1 Å². The lowest BCUT2D eigenvalue weighted by Crippen LogP contribution is -3.08. The second-order valence-corrected chi connectivity index (χ2v) is 7.08. The average Bonchev–Trinajstić information content (AvgIpc) is 2.82. The van der Waals surface area contributed by atoms with Gasteiger partial charge in [0.2, 0.25) is 0 Å². The van der Waals surface area contributed by atoms with Crippen molar-refractivity contribution in [1.29, 1.82) is 5.26 Å². The van der Waals surface area contributed by atoms with Crippen molar-refractivity contribution in [3.05, 3.63) is 45.3 Å². The number of nitrogens with one attached hydrogen (secondary N) is 3. The van der Waals surface area contributed by atoms with Gasteiger partial charge in [-0.2, -0.15) is 5.26 Å². The lowest BCUT2D eigenvalue weighted by atomic mass is 10.0. The minimum absolute atomic E-state index is 0.372. The number of halogens is 1. The van der Waals surface area contributed by atoms with E-state index in [1.54, 1.807) is 24.3 Å². The third-order valence-corrected chi connectivity index (χ3v) is 5.16. The zero-order valence-corrected chi connectivity index (χ0v) is 14.1. The summed E-state index contributed by atoms with van der Waals surface area (Å²) in [6.07, 6.45) is 0.873. The topological polar surface area (TPSA) is 69.4 Å². The molecular weight excluding hydrogens is 332 g/mol. The van der Waals surface area contributed by atoms with Crippen molar-refractivity contribution >= 4 is 39.7 Å². The highest BCUT2D eigenvalue weighted by atomic mass is 35.5. The SMILES string of the molecule is C[NH+]1CCc2c(sc(NC(=O)Nc3cccc(Cl)c3)c2C#N)C1. The quantitative estimate of drug-likeness (QED) is 0.781. The Kier molecular flexibility index (Phi) is 4.53. The largest absolute Gasteiger partial charge is 0.333 e. The lowest BCUT2D eigenvalue weighted by molar-refractivity contribution is -0.895. The molecule has 2 amide bonds. The minimum Gasteiger partial charge on any atom is -0.333 e. The Balaban J connectivity index is 1.78. The molecule has 118 valence electrons. The molecule has 1 aromatic carbocycles. The molecule has 1 aliphatic rings. The van der Waals surface area contributed by atoms with Crippen molar-refractivity contribution < 1.29 is 9.69 Å². The normalized spacial score (nSPS) is 16.3. The van der Waals surface area contributed by atoms with Crippen LogP contribution in [-0.2, 0) is 13.0 Å². The number of quaternary nitrogens is 1. The van der Waals surface area contributed by atoms with Crippen molar-refractivity contribution in [3.8, 4) is 6.07 Å². The first-order valence-electron chi connectivity index (χ1n) is 7.26. The van der Waals surface area contributed by atoms with E-state index < -0.39 is 0 Å². The number of fused-ring (bicyclic) bond motifs is 1. The summed E-state index contributed by atoms with van der Waals surface area (Å²) in [7, 11) is 2.13. The third-order valence-electron chi connectivity index (χ3n) is 3.78. The summed E-state index contributed by atoms with van der Waals surface area (Å²) in [5.74, 6) is 0. The molecule has 23 heavy (non-hydrogen) atoms. The number of anilines is 2. The van der Waals surface area contributed by atoms with E-state index in [-0.39, 0.29) is 6.03 Å². The molecule has 1 aromatic heterocycles. The minimum atomic E-state index is -0.372. The van der Waals surface area contributed by atoms with Gasteiger partial charge in [0.05, 0.1) is 24.0 Å². The number of carbonyl (C=O) groups is 1. The van der Waals surface area contributed by atoms with Gasteiger partial charge in [-0.25, -0.2) is 4.79 Å². The second-order valence-electron chi connectivity index (χ2n) is 5.54. The van der Waals surface area contributed by atoms with E-state index in [2.05, 4.69) is 23.8 Å². The van der Waals surface area contributed by atoms with E-state index in [1.807, 2.05) is 0 Å². The zero-order chi connectivity index (χ0) is 16.4. The smallest absolute Gasteiger partial charge is 0.324 e. The Morgan fingerprint density at radius 1 is 1.43 bits per heavy atom. The first-order valence-corrected chi connectivity index (χ1v) is 8.46. The summed E-state index contributed by atoms with van der Waals surface area (Å²) < 4.78 is 0. The van der Waals surface area contributed by atoms with Gasteiger partial charge in [0.15, 0.2) is 0 Å². The summed E-state index contributed by atoms with van der Waals surface area (Å²) >= 11 is 7.39. The van der Waals surface area contributed by atoms with Crippen LogP contribution in [0.3, 0.4) is 0 Å². The Bertz CT molecular complexity index is 796. The number of hydrogen-bond acceptors (Lipinski definition) is 3. The highest BCUT2D eigenvalue weighted by molar-refractivity contribution is 7.16. The van der Waals surface area contributed by atoms with Crippen LogP contribution in [0.5, 0.6) is 0 Å². The third kappa shape index (κ3) is 3.48. The van der Waals surface area contributed by atoms with Crippen LogP contribution in [0, 0.1) is 11.3 Å². The Morgan fingerprint density at radius 3 is 3.00 bits per heavy atom. The van der Waals surface area contributed by atoms with E-state index >= 15 is 0 Å². The number of urea groups is 1. The molecule has 3 rings (SSSR count). The number of nitriles is 1. The zero-order valence-electron chi connectivity index (χ0n) is 12.6. The fraction of sp³-hybridized carbons (Fsp3) is 0.250. The second kappa shape index (κ2) is 6.59. The van der Waals surface area contributed by atoms with Gasteiger partial charge in [-0.15, -0.1) is 11.3 Å². The lowest BCUT2D eigenvalue weighted by Gasteiger charge is -2.18. The van der Waals surface area contributed by atoms with Gasteiger partial charge in [0.1, 0.15) is 17.6 Å². The number of hydrogen-bond donors (Lipinski definition) is 3. The van der Waals surface area contributed by atoms with Crippen molar-refractivity contribution in [1.82, 2.24) is 0 Å². The van der Waals surface area contributed by atoms with Crippen LogP contribution in [0.4, 0.5) is 15.5 Å². The Hall–Kier alpha value is -2.07. The molecular formula is C16H16ClN4OS+. The maximum absolute atomic E-state index is 12.2. The molecule has 0 fully saturated rings. The predicted octanol–water partition coefficient (Wildman–Crippen LogP) is 2.49. The van der Waals surface area contributed by atoms with E-state index in [1.165, 1.54) is 21.1 Å². The number of benzene rings is 1.